The largest absolute Gasteiger partial charge is 0.489 e. The van der Waals surface area contributed by atoms with Crippen molar-refractivity contribution < 1.29 is 23.9 Å². The first-order chi connectivity index (χ1) is 23.1. The number of nitrogens with zero attached hydrogens (tertiary/aromatic N) is 2. The number of aromatic nitrogens is 1. The molecule has 3 aromatic carbocycles. The third-order valence-corrected chi connectivity index (χ3v) is 8.61. The summed E-state index contributed by atoms with van der Waals surface area (Å²) in [5.41, 5.74) is 2.34. The van der Waals surface area contributed by atoms with E-state index >= 15 is 0 Å². The molecule has 0 N–H and O–H groups in total. The highest BCUT2D eigenvalue weighted by Gasteiger charge is 2.36. The molecule has 2 heterocycles. The molecule has 1 atom stereocenters. The molecule has 0 aliphatic carbocycles. The average Bonchev–Trinajstić information content (AvgIpc) is 3.11. The highest BCUT2D eigenvalue weighted by atomic mass is 35.5. The molecule has 0 radical (unpaired) electrons. The van der Waals surface area contributed by atoms with E-state index in [-0.39, 0.29) is 44.0 Å². The predicted molar refractivity (Wildman–Crippen MR) is 185 cm³/mol. The fourth-order valence-electron chi connectivity index (χ4n) is 6.04. The van der Waals surface area contributed by atoms with Crippen molar-refractivity contribution >= 4 is 45.9 Å². The third-order valence-electron chi connectivity index (χ3n) is 8.34. The molecule has 0 spiro atoms. The van der Waals surface area contributed by atoms with E-state index in [0.717, 1.165) is 51.4 Å². The van der Waals surface area contributed by atoms with E-state index in [1.807, 2.05) is 66.6 Å². The summed E-state index contributed by atoms with van der Waals surface area (Å²) in [6.07, 6.45) is 7.64. The Hall–Kier alpha value is -4.76. The molecule has 8 heteroatoms. The number of ether oxygens (including phenoxy) is 2. The van der Waals surface area contributed by atoms with Gasteiger partial charge in [0.05, 0.1) is 40.9 Å². The number of hydrogen-bond donors (Lipinski definition) is 0. The second-order valence-electron chi connectivity index (χ2n) is 11.5. The number of hydrogen-bond acceptors (Lipinski definition) is 7. The van der Waals surface area contributed by atoms with Crippen molar-refractivity contribution in [2.75, 3.05) is 13.2 Å². The first kappa shape index (κ1) is 33.6. The van der Waals surface area contributed by atoms with Gasteiger partial charge in [-0.25, -0.2) is 24.4 Å². The molecule has 0 saturated heterocycles. The van der Waals surface area contributed by atoms with Gasteiger partial charge >= 0.3 is 0 Å². The number of carbonyl (C=O) groups excluding carboxylic acids is 3. The molecule has 7 nitrogen and oxygen atoms in total. The van der Waals surface area contributed by atoms with Crippen molar-refractivity contribution in [1.29, 1.82) is 0 Å². The van der Waals surface area contributed by atoms with Gasteiger partial charge < -0.3 is 9.47 Å². The Morgan fingerprint density at radius 3 is 1.91 bits per heavy atom. The van der Waals surface area contributed by atoms with Crippen LogP contribution >= 0.6 is 11.6 Å². The smallest absolute Gasteiger partial charge is 0.172 e. The number of benzene rings is 3. The van der Waals surface area contributed by atoms with Gasteiger partial charge in [0.15, 0.2) is 11.5 Å². The van der Waals surface area contributed by atoms with E-state index in [4.69, 9.17) is 31.1 Å². The minimum atomic E-state index is -0.854. The predicted octanol–water partition coefficient (Wildman–Crippen LogP) is 7.32. The second kappa shape index (κ2) is 16.2. The van der Waals surface area contributed by atoms with Gasteiger partial charge in [0.2, 0.25) is 0 Å². The lowest BCUT2D eigenvalue weighted by atomic mass is 9.82. The molecule has 1 aliphatic rings. The fourth-order valence-corrected chi connectivity index (χ4v) is 6.33. The van der Waals surface area contributed by atoms with Crippen molar-refractivity contribution in [1.82, 2.24) is 4.98 Å². The summed E-state index contributed by atoms with van der Waals surface area (Å²) in [7, 11) is 0. The molecule has 0 amide bonds. The van der Waals surface area contributed by atoms with Crippen molar-refractivity contribution in [2.24, 2.45) is 4.99 Å². The Kier molecular flexibility index (Phi) is 11.6. The Balaban J connectivity index is 1.90. The number of rotatable bonds is 14. The summed E-state index contributed by atoms with van der Waals surface area (Å²) in [5, 5.41) is 0.643. The maximum absolute atomic E-state index is 13.0. The van der Waals surface area contributed by atoms with Gasteiger partial charge in [0.25, 0.3) is 0 Å². The molecule has 0 bridgehead atoms. The lowest BCUT2D eigenvalue weighted by Gasteiger charge is -2.26. The van der Waals surface area contributed by atoms with Crippen LogP contribution in [0.25, 0.3) is 27.6 Å². The molecular formula is C39H37ClN2O5. The summed E-state index contributed by atoms with van der Waals surface area (Å²) in [6.45, 7) is 4.93. The average molecular weight is 649 g/mol. The molecule has 5 rings (SSSR count). The van der Waals surface area contributed by atoms with Crippen LogP contribution in [0.5, 0.6) is 11.5 Å². The van der Waals surface area contributed by atoms with E-state index in [2.05, 4.69) is 25.7 Å². The van der Waals surface area contributed by atoms with E-state index in [0.29, 0.717) is 40.9 Å². The number of allylic oxidation sites excluding steroid dienone is 1. The number of unbranched alkanes of at least 4 members (excludes halogenated alkanes) is 6. The molecule has 1 aliphatic heterocycles. The Bertz CT molecular complexity index is 1990. The molecule has 1 unspecified atom stereocenters. The molecule has 0 fully saturated rings. The Morgan fingerprint density at radius 1 is 0.723 bits per heavy atom. The lowest BCUT2D eigenvalue weighted by molar-refractivity contribution is 0.260. The van der Waals surface area contributed by atoms with E-state index in [1.54, 1.807) is 0 Å². The van der Waals surface area contributed by atoms with Crippen LogP contribution in [0.15, 0.2) is 71.4 Å². The van der Waals surface area contributed by atoms with Crippen molar-refractivity contribution in [3.8, 4) is 22.6 Å². The van der Waals surface area contributed by atoms with E-state index in [1.165, 1.54) is 0 Å². The first-order valence-corrected chi connectivity index (χ1v) is 16.7. The van der Waals surface area contributed by atoms with Crippen LogP contribution in [-0.4, -0.2) is 36.0 Å². The van der Waals surface area contributed by atoms with Crippen LogP contribution in [0.1, 0.15) is 82.3 Å². The van der Waals surface area contributed by atoms with Crippen LogP contribution in [-0.2, 0) is 14.4 Å². The van der Waals surface area contributed by atoms with Gasteiger partial charge in [-0.05, 0) is 24.0 Å². The summed E-state index contributed by atoms with van der Waals surface area (Å²) < 4.78 is 13.1. The highest BCUT2D eigenvalue weighted by Crippen LogP contribution is 2.46. The van der Waals surface area contributed by atoms with Crippen LogP contribution in [0.3, 0.4) is 0 Å². The molecule has 4 aromatic rings. The zero-order chi connectivity index (χ0) is 33.2. The van der Waals surface area contributed by atoms with Gasteiger partial charge in [-0.1, -0.05) is 125 Å². The topological polar surface area (TPSA) is 94.9 Å². The Morgan fingerprint density at radius 2 is 1.34 bits per heavy atom. The zero-order valence-electron chi connectivity index (χ0n) is 26.7. The van der Waals surface area contributed by atoms with Crippen LogP contribution in [0, 0.1) is 0 Å². The normalized spacial score (nSPS) is 13.7. The van der Waals surface area contributed by atoms with Crippen molar-refractivity contribution in [2.45, 2.75) is 71.1 Å². The first-order valence-electron chi connectivity index (χ1n) is 16.3. The van der Waals surface area contributed by atoms with Gasteiger partial charge in [-0.15, -0.1) is 0 Å². The molecule has 47 heavy (non-hydrogen) atoms. The van der Waals surface area contributed by atoms with E-state index in [9.17, 15) is 14.4 Å². The number of pyridine rings is 1. The second-order valence-corrected chi connectivity index (χ2v) is 11.9. The van der Waals surface area contributed by atoms with Crippen LogP contribution < -0.4 is 20.0 Å². The van der Waals surface area contributed by atoms with Gasteiger partial charge in [0.1, 0.15) is 39.5 Å². The highest BCUT2D eigenvalue weighted by molar-refractivity contribution is 6.33. The van der Waals surface area contributed by atoms with Crippen LogP contribution in [0.2, 0.25) is 5.15 Å². The third kappa shape index (κ3) is 7.00. The molecule has 0 saturated carbocycles. The molecule has 1 aromatic heterocycles. The molecule has 240 valence electrons. The number of fused-ring (bicyclic) bond motifs is 3. The number of halogens is 1. The standard InChI is InChI=1S/C39H37ClN2O5/c1-3-5-7-15-21-46-37-33-28(23-43)31(26-17-11-9-12-18-26)30(25-45)41-35(33)36-34(38(37)47-22-16-8-6-4-2)29(24-44)32(39(40)42-36)27-19-13-10-14-20-27/h9-14,17-20,31H,3-8,15-16,21-22H2,1-2H3. The maximum atomic E-state index is 13.0. The van der Waals surface area contributed by atoms with Gasteiger partial charge in [-0.3, -0.25) is 0 Å². The summed E-state index contributed by atoms with van der Waals surface area (Å²) in [6, 6.07) is 18.3. The van der Waals surface area contributed by atoms with Gasteiger partial charge in [-0.2, -0.15) is 0 Å². The summed E-state index contributed by atoms with van der Waals surface area (Å²) in [5.74, 6) is 5.84. The minimum Gasteiger partial charge on any atom is -0.489 e. The van der Waals surface area contributed by atoms with E-state index < -0.39 is 5.92 Å². The van der Waals surface area contributed by atoms with Crippen molar-refractivity contribution in [3.05, 3.63) is 93.2 Å². The summed E-state index contributed by atoms with van der Waals surface area (Å²) >= 11 is 6.84. The fraction of sp³-hybridized carbons (Fsp3) is 0.333. The molecular weight excluding hydrogens is 612 g/mol. The minimum absolute atomic E-state index is 0.0211. The van der Waals surface area contributed by atoms with Crippen molar-refractivity contribution in [3.63, 3.8) is 0 Å². The Labute approximate surface area is 279 Å². The van der Waals surface area contributed by atoms with Crippen LogP contribution in [0.4, 0.5) is 0 Å². The monoisotopic (exact) mass is 648 g/mol. The summed E-state index contributed by atoms with van der Waals surface area (Å²) in [4.78, 5) is 47.9. The quantitative estimate of drug-likeness (QED) is 0.0808. The maximum Gasteiger partial charge on any atom is 0.172 e. The zero-order valence-corrected chi connectivity index (χ0v) is 27.5. The SMILES string of the molecule is CCCCCCOc1c2c(c3nc(Cl)c(-c4ccccc4)c(=C=O)c3c1OCCCCCC)=NC(=C=O)C(c1ccccc1)C2=C=O. The lowest BCUT2D eigenvalue weighted by Crippen LogP contribution is -2.27. The van der Waals surface area contributed by atoms with Gasteiger partial charge in [0, 0.05) is 5.56 Å².